The predicted molar refractivity (Wildman–Crippen MR) is 105 cm³/mol. The van der Waals surface area contributed by atoms with Crippen molar-refractivity contribution in [3.05, 3.63) is 58.4 Å². The topological polar surface area (TPSA) is 60.3 Å². The molecule has 144 valence electrons. The lowest BCUT2D eigenvalue weighted by atomic mass is 9.92. The van der Waals surface area contributed by atoms with E-state index in [0.717, 1.165) is 41.9 Å². The smallest absolute Gasteiger partial charge is 0.224 e. The molecule has 1 aliphatic rings. The second-order valence-corrected chi connectivity index (χ2v) is 7.33. The first kappa shape index (κ1) is 19.4. The van der Waals surface area contributed by atoms with Gasteiger partial charge in [0.15, 0.2) is 5.78 Å². The monoisotopic (exact) mass is 368 g/mol. The van der Waals surface area contributed by atoms with E-state index >= 15 is 0 Å². The predicted octanol–water partition coefficient (Wildman–Crippen LogP) is 3.06. The van der Waals surface area contributed by atoms with Gasteiger partial charge < -0.3 is 14.6 Å². The van der Waals surface area contributed by atoms with Gasteiger partial charge in [0, 0.05) is 43.1 Å². The van der Waals surface area contributed by atoms with E-state index in [4.69, 9.17) is 4.74 Å². The van der Waals surface area contributed by atoms with E-state index < -0.39 is 0 Å². The summed E-state index contributed by atoms with van der Waals surface area (Å²) in [6, 6.07) is 10.2. The van der Waals surface area contributed by atoms with E-state index in [2.05, 4.69) is 22.0 Å². The van der Waals surface area contributed by atoms with Crippen LogP contribution in [-0.2, 0) is 28.9 Å². The molecule has 1 aromatic carbocycles. The number of rotatable bonds is 7. The number of methoxy groups -OCH3 is 1. The van der Waals surface area contributed by atoms with Crippen LogP contribution in [0.5, 0.6) is 0 Å². The van der Waals surface area contributed by atoms with Crippen molar-refractivity contribution in [2.24, 2.45) is 0 Å². The molecular formula is C22H28N2O3. The van der Waals surface area contributed by atoms with E-state index in [9.17, 15) is 9.59 Å². The second kappa shape index (κ2) is 8.53. The average Bonchev–Trinajstić information content (AvgIpc) is 2.89. The molecule has 0 radical (unpaired) electrons. The summed E-state index contributed by atoms with van der Waals surface area (Å²) in [5.74, 6) is 0.0968. The molecule has 1 atom stereocenters. The van der Waals surface area contributed by atoms with Crippen molar-refractivity contribution in [1.82, 2.24) is 9.88 Å². The van der Waals surface area contributed by atoms with Crippen LogP contribution in [0.25, 0.3) is 0 Å². The summed E-state index contributed by atoms with van der Waals surface area (Å²) >= 11 is 0. The van der Waals surface area contributed by atoms with Crippen molar-refractivity contribution >= 4 is 11.7 Å². The molecular weight excluding hydrogens is 340 g/mol. The van der Waals surface area contributed by atoms with Crippen LogP contribution in [0.3, 0.4) is 0 Å². The van der Waals surface area contributed by atoms with Gasteiger partial charge in [-0.15, -0.1) is 0 Å². The van der Waals surface area contributed by atoms with Gasteiger partial charge in [-0.05, 0) is 37.8 Å². The zero-order valence-corrected chi connectivity index (χ0v) is 16.4. The minimum Gasteiger partial charge on any atom is -0.383 e. The number of nitrogens with zero attached hydrogens (tertiary/aromatic N) is 1. The first-order chi connectivity index (χ1) is 13.0. The van der Waals surface area contributed by atoms with Crippen LogP contribution in [0.4, 0.5) is 0 Å². The van der Waals surface area contributed by atoms with Gasteiger partial charge in [0.1, 0.15) is 0 Å². The number of aromatic nitrogens is 1. The number of hydrogen-bond acceptors (Lipinski definition) is 3. The summed E-state index contributed by atoms with van der Waals surface area (Å²) in [6.45, 7) is 5.13. The summed E-state index contributed by atoms with van der Waals surface area (Å²) in [7, 11) is 1.62. The summed E-state index contributed by atoms with van der Waals surface area (Å²) in [6.07, 6.45) is 2.56. The quantitative estimate of drug-likeness (QED) is 0.817. The Bertz CT molecular complexity index is 824. The fraction of sp³-hybridized carbons (Fsp3) is 0.455. The Morgan fingerprint density at radius 1 is 1.26 bits per heavy atom. The number of carbonyl (C=O) groups excluding carboxylic acids is 2. The van der Waals surface area contributed by atoms with Crippen LogP contribution in [0.2, 0.25) is 0 Å². The lowest BCUT2D eigenvalue weighted by Gasteiger charge is -2.16. The number of hydrogen-bond donors (Lipinski definition) is 1. The molecule has 1 unspecified atom stereocenters. The Labute approximate surface area is 160 Å². The Balaban J connectivity index is 1.91. The van der Waals surface area contributed by atoms with Gasteiger partial charge >= 0.3 is 0 Å². The Hall–Kier alpha value is -2.40. The summed E-state index contributed by atoms with van der Waals surface area (Å²) < 4.78 is 7.31. The highest BCUT2D eigenvalue weighted by Crippen LogP contribution is 2.31. The van der Waals surface area contributed by atoms with E-state index in [0.29, 0.717) is 13.0 Å². The fourth-order valence-corrected chi connectivity index (χ4v) is 3.96. The van der Waals surface area contributed by atoms with Crippen molar-refractivity contribution in [1.29, 1.82) is 0 Å². The number of ether oxygens (including phenoxy) is 1. The van der Waals surface area contributed by atoms with Crippen molar-refractivity contribution in [3.8, 4) is 0 Å². The molecule has 27 heavy (non-hydrogen) atoms. The molecule has 0 saturated carbocycles. The highest BCUT2D eigenvalue weighted by atomic mass is 16.5. The van der Waals surface area contributed by atoms with Crippen LogP contribution in [0.15, 0.2) is 30.3 Å². The van der Waals surface area contributed by atoms with Gasteiger partial charge in [0.05, 0.1) is 13.0 Å². The number of amides is 1. The minimum atomic E-state index is -0.0688. The molecule has 0 spiro atoms. The number of fused-ring (bicyclic) bond motifs is 1. The number of Topliss-reactive ketones (excluding diaryl/α,β-unsaturated/α-hetero) is 1. The molecule has 0 fully saturated rings. The first-order valence-electron chi connectivity index (χ1n) is 9.57. The molecule has 3 rings (SSSR count). The number of nitrogens with one attached hydrogen (secondary N) is 1. The minimum absolute atomic E-state index is 0.0549. The zero-order chi connectivity index (χ0) is 19.4. The van der Waals surface area contributed by atoms with Gasteiger partial charge in [-0.3, -0.25) is 9.59 Å². The number of ketones is 1. The maximum atomic E-state index is 12.7. The SMILES string of the molecule is COCC(C)NC(=O)Cc1c2c(n(Cc3ccccc3)c1C)CCCC2=O. The van der Waals surface area contributed by atoms with Crippen molar-refractivity contribution < 1.29 is 14.3 Å². The van der Waals surface area contributed by atoms with E-state index in [-0.39, 0.29) is 24.2 Å². The van der Waals surface area contributed by atoms with Crippen LogP contribution >= 0.6 is 0 Å². The molecule has 0 aliphatic heterocycles. The van der Waals surface area contributed by atoms with E-state index in [1.807, 2.05) is 32.0 Å². The van der Waals surface area contributed by atoms with Crippen molar-refractivity contribution in [2.75, 3.05) is 13.7 Å². The van der Waals surface area contributed by atoms with Crippen LogP contribution in [0, 0.1) is 6.92 Å². The molecule has 1 amide bonds. The standard InChI is InChI=1S/C22H28N2O3/c1-15(14-27-3)23-21(26)12-18-16(2)24(13-17-8-5-4-6-9-17)19-10-7-11-20(25)22(18)19/h4-6,8-9,15H,7,10-14H2,1-3H3,(H,23,26). The molecule has 5 nitrogen and oxygen atoms in total. The molecule has 1 aromatic heterocycles. The normalized spacial score (nSPS) is 14.7. The fourth-order valence-electron chi connectivity index (χ4n) is 3.96. The summed E-state index contributed by atoms with van der Waals surface area (Å²) in [5, 5.41) is 2.95. The molecule has 0 bridgehead atoms. The van der Waals surface area contributed by atoms with Crippen LogP contribution in [0.1, 0.15) is 52.6 Å². The highest BCUT2D eigenvalue weighted by Gasteiger charge is 2.29. The number of benzene rings is 1. The lowest BCUT2D eigenvalue weighted by molar-refractivity contribution is -0.121. The Kier molecular flexibility index (Phi) is 6.11. The average molecular weight is 368 g/mol. The maximum absolute atomic E-state index is 12.7. The third-order valence-corrected chi connectivity index (χ3v) is 5.20. The number of carbonyl (C=O) groups is 2. The summed E-state index contributed by atoms with van der Waals surface area (Å²) in [5.41, 5.74) is 4.96. The van der Waals surface area contributed by atoms with Crippen molar-refractivity contribution in [3.63, 3.8) is 0 Å². The van der Waals surface area contributed by atoms with E-state index in [1.165, 1.54) is 5.56 Å². The van der Waals surface area contributed by atoms with Gasteiger partial charge in [-0.2, -0.15) is 0 Å². The second-order valence-electron chi connectivity index (χ2n) is 7.33. The third kappa shape index (κ3) is 4.30. The van der Waals surface area contributed by atoms with Gasteiger partial charge in [-0.1, -0.05) is 30.3 Å². The molecule has 5 heteroatoms. The third-order valence-electron chi connectivity index (χ3n) is 5.20. The first-order valence-corrected chi connectivity index (χ1v) is 9.57. The Morgan fingerprint density at radius 3 is 2.70 bits per heavy atom. The van der Waals surface area contributed by atoms with Gasteiger partial charge in [-0.25, -0.2) is 0 Å². The largest absolute Gasteiger partial charge is 0.383 e. The molecule has 1 heterocycles. The van der Waals surface area contributed by atoms with Crippen molar-refractivity contribution in [2.45, 2.75) is 52.1 Å². The lowest BCUT2D eigenvalue weighted by Crippen LogP contribution is -2.36. The molecule has 2 aromatic rings. The molecule has 1 aliphatic carbocycles. The van der Waals surface area contributed by atoms with E-state index in [1.54, 1.807) is 7.11 Å². The molecule has 0 saturated heterocycles. The summed E-state index contributed by atoms with van der Waals surface area (Å²) in [4.78, 5) is 25.2. The van der Waals surface area contributed by atoms with Crippen LogP contribution < -0.4 is 5.32 Å². The highest BCUT2D eigenvalue weighted by molar-refractivity contribution is 6.01. The Morgan fingerprint density at radius 2 is 2.00 bits per heavy atom. The van der Waals surface area contributed by atoms with Gasteiger partial charge in [0.2, 0.25) is 5.91 Å². The maximum Gasteiger partial charge on any atom is 0.224 e. The molecule has 1 N–H and O–H groups in total. The van der Waals surface area contributed by atoms with Gasteiger partial charge in [0.25, 0.3) is 0 Å². The zero-order valence-electron chi connectivity index (χ0n) is 16.4. The van der Waals surface area contributed by atoms with Crippen LogP contribution in [-0.4, -0.2) is 36.0 Å².